The van der Waals surface area contributed by atoms with Gasteiger partial charge in [0.15, 0.2) is 23.1 Å². The fourth-order valence-corrected chi connectivity index (χ4v) is 4.79. The SMILES string of the molecule is O=C(Cc1ccc(F)cc1)C1(C(=O)Cc2ccc(Oc3ccnc4cc(-c5ccncc5)ncc34)c(F)c2)CC1. The van der Waals surface area contributed by atoms with Crippen LogP contribution >= 0.6 is 0 Å². The topological polar surface area (TPSA) is 82.0 Å². The number of Topliss-reactive ketones (excluding diaryl/α,β-unsaturated/α-hetero) is 2. The van der Waals surface area contributed by atoms with Crippen LogP contribution in [0.3, 0.4) is 0 Å². The second-order valence-electron chi connectivity index (χ2n) is 9.91. The Morgan fingerprint density at radius 2 is 1.48 bits per heavy atom. The molecule has 0 aliphatic heterocycles. The highest BCUT2D eigenvalue weighted by Gasteiger charge is 2.54. The van der Waals surface area contributed by atoms with Gasteiger partial charge in [0.25, 0.3) is 0 Å². The number of aromatic nitrogens is 3. The molecule has 40 heavy (non-hydrogen) atoms. The first-order valence-electron chi connectivity index (χ1n) is 12.8. The first kappa shape index (κ1) is 25.4. The van der Waals surface area contributed by atoms with Gasteiger partial charge in [0.1, 0.15) is 11.6 Å². The lowest BCUT2D eigenvalue weighted by Crippen LogP contribution is -2.28. The molecule has 0 amide bonds. The van der Waals surface area contributed by atoms with E-state index in [1.165, 1.54) is 24.3 Å². The van der Waals surface area contributed by atoms with E-state index in [1.54, 1.807) is 49.1 Å². The largest absolute Gasteiger partial charge is 0.453 e. The maximum atomic E-state index is 15.1. The minimum Gasteiger partial charge on any atom is -0.453 e. The summed E-state index contributed by atoms with van der Waals surface area (Å²) in [4.78, 5) is 38.9. The lowest BCUT2D eigenvalue weighted by molar-refractivity contribution is -0.133. The van der Waals surface area contributed by atoms with Crippen LogP contribution in [0, 0.1) is 17.0 Å². The van der Waals surface area contributed by atoms with E-state index in [-0.39, 0.29) is 36.0 Å². The third kappa shape index (κ3) is 5.08. The number of halogens is 2. The van der Waals surface area contributed by atoms with Crippen molar-refractivity contribution in [3.05, 3.63) is 114 Å². The molecule has 0 spiro atoms. The summed E-state index contributed by atoms with van der Waals surface area (Å²) in [5.74, 6) is -1.04. The van der Waals surface area contributed by atoms with Crippen molar-refractivity contribution in [1.29, 1.82) is 0 Å². The van der Waals surface area contributed by atoms with Crippen LogP contribution in [0.25, 0.3) is 22.2 Å². The van der Waals surface area contributed by atoms with Gasteiger partial charge < -0.3 is 4.74 Å². The summed E-state index contributed by atoms with van der Waals surface area (Å²) in [6.45, 7) is 0. The minimum atomic E-state index is -1.04. The Balaban J connectivity index is 1.16. The zero-order valence-electron chi connectivity index (χ0n) is 21.3. The predicted octanol–water partition coefficient (Wildman–Crippen LogP) is 6.47. The lowest BCUT2D eigenvalue weighted by Gasteiger charge is -2.14. The molecule has 0 atom stereocenters. The van der Waals surface area contributed by atoms with E-state index in [0.717, 1.165) is 11.3 Å². The van der Waals surface area contributed by atoms with E-state index in [1.807, 2.05) is 18.2 Å². The van der Waals surface area contributed by atoms with E-state index < -0.39 is 11.2 Å². The average Bonchev–Trinajstić information content (AvgIpc) is 3.79. The molecule has 1 aliphatic carbocycles. The Morgan fingerprint density at radius 1 is 0.775 bits per heavy atom. The number of carbonyl (C=O) groups is 2. The molecular weight excluding hydrogens is 512 g/mol. The van der Waals surface area contributed by atoms with Crippen LogP contribution in [0.15, 0.2) is 91.5 Å². The van der Waals surface area contributed by atoms with E-state index in [0.29, 0.717) is 40.6 Å². The number of hydrogen-bond acceptors (Lipinski definition) is 6. The molecule has 1 fully saturated rings. The van der Waals surface area contributed by atoms with Gasteiger partial charge in [0.05, 0.1) is 22.0 Å². The number of fused-ring (bicyclic) bond motifs is 1. The molecule has 0 unspecified atom stereocenters. The Labute approximate surface area is 228 Å². The van der Waals surface area contributed by atoms with Gasteiger partial charge in [0.2, 0.25) is 0 Å². The van der Waals surface area contributed by atoms with Crippen molar-refractivity contribution in [3.8, 4) is 22.8 Å². The van der Waals surface area contributed by atoms with Crippen LogP contribution in [-0.2, 0) is 22.4 Å². The molecule has 198 valence electrons. The zero-order chi connectivity index (χ0) is 27.7. The molecule has 0 saturated heterocycles. The molecule has 0 bridgehead atoms. The quantitative estimate of drug-likeness (QED) is 0.201. The maximum Gasteiger partial charge on any atom is 0.166 e. The average molecular weight is 536 g/mol. The molecule has 0 radical (unpaired) electrons. The number of ketones is 2. The monoisotopic (exact) mass is 535 g/mol. The molecule has 3 aromatic heterocycles. The van der Waals surface area contributed by atoms with Gasteiger partial charge in [0, 0.05) is 43.2 Å². The van der Waals surface area contributed by atoms with Gasteiger partial charge in [-0.2, -0.15) is 0 Å². The number of ether oxygens (including phenoxy) is 1. The second kappa shape index (κ2) is 10.4. The fraction of sp³-hybridized carbons (Fsp3) is 0.156. The smallest absolute Gasteiger partial charge is 0.166 e. The molecular formula is C32H23F2N3O3. The summed E-state index contributed by atoms with van der Waals surface area (Å²) >= 11 is 0. The molecule has 5 aromatic rings. The van der Waals surface area contributed by atoms with E-state index in [2.05, 4.69) is 15.0 Å². The van der Waals surface area contributed by atoms with Crippen molar-refractivity contribution < 1.29 is 23.1 Å². The van der Waals surface area contributed by atoms with Crippen molar-refractivity contribution in [2.75, 3.05) is 0 Å². The first-order valence-corrected chi connectivity index (χ1v) is 12.8. The molecule has 3 heterocycles. The van der Waals surface area contributed by atoms with Gasteiger partial charge in [-0.05, 0) is 72.5 Å². The fourth-order valence-electron chi connectivity index (χ4n) is 4.79. The molecule has 8 heteroatoms. The molecule has 6 rings (SSSR count). The Morgan fingerprint density at radius 3 is 2.17 bits per heavy atom. The highest BCUT2D eigenvalue weighted by atomic mass is 19.1. The standard InChI is InChI=1S/C32H23F2N3O3/c33-23-4-1-20(2-5-23)16-30(38)32(10-11-32)31(39)17-21-3-6-29(25(34)15-21)40-28-9-14-36-27-18-26(37-19-24(27)28)22-7-12-35-13-8-22/h1-9,12-15,18-19H,10-11,16-17H2. The van der Waals surface area contributed by atoms with Gasteiger partial charge in [-0.15, -0.1) is 0 Å². The molecule has 1 saturated carbocycles. The van der Waals surface area contributed by atoms with Gasteiger partial charge in [-0.3, -0.25) is 24.5 Å². The van der Waals surface area contributed by atoms with Crippen molar-refractivity contribution in [2.45, 2.75) is 25.7 Å². The third-order valence-electron chi connectivity index (χ3n) is 7.24. The Kier molecular flexibility index (Phi) is 6.59. The third-order valence-corrected chi connectivity index (χ3v) is 7.24. The molecule has 6 nitrogen and oxygen atoms in total. The molecule has 1 aliphatic rings. The van der Waals surface area contributed by atoms with Crippen molar-refractivity contribution >= 4 is 22.5 Å². The van der Waals surface area contributed by atoms with E-state index >= 15 is 4.39 Å². The summed E-state index contributed by atoms with van der Waals surface area (Å²) in [6, 6.07) is 17.2. The normalized spacial score (nSPS) is 13.7. The van der Waals surface area contributed by atoms with E-state index in [9.17, 15) is 14.0 Å². The zero-order valence-corrected chi connectivity index (χ0v) is 21.3. The van der Waals surface area contributed by atoms with Gasteiger partial charge in [-0.1, -0.05) is 18.2 Å². The summed E-state index contributed by atoms with van der Waals surface area (Å²) < 4.78 is 34.2. The van der Waals surface area contributed by atoms with Crippen molar-refractivity contribution in [2.24, 2.45) is 5.41 Å². The highest BCUT2D eigenvalue weighted by Crippen LogP contribution is 2.49. The molecule has 2 aromatic carbocycles. The lowest BCUT2D eigenvalue weighted by atomic mass is 9.88. The summed E-state index contributed by atoms with van der Waals surface area (Å²) in [5, 5.41) is 0.620. The Hall–Kier alpha value is -4.85. The number of benzene rings is 2. The van der Waals surface area contributed by atoms with Crippen LogP contribution in [-0.4, -0.2) is 26.5 Å². The highest BCUT2D eigenvalue weighted by molar-refractivity contribution is 6.11. The van der Waals surface area contributed by atoms with Crippen molar-refractivity contribution in [3.63, 3.8) is 0 Å². The number of carbonyl (C=O) groups excluding carboxylic acids is 2. The van der Waals surface area contributed by atoms with Crippen LogP contribution < -0.4 is 4.74 Å². The number of rotatable bonds is 9. The summed E-state index contributed by atoms with van der Waals surface area (Å²) in [6.07, 6.45) is 7.53. The van der Waals surface area contributed by atoms with Crippen LogP contribution in [0.4, 0.5) is 8.78 Å². The Bertz CT molecular complexity index is 1740. The van der Waals surface area contributed by atoms with E-state index in [4.69, 9.17) is 4.74 Å². The van der Waals surface area contributed by atoms with Crippen LogP contribution in [0.2, 0.25) is 0 Å². The van der Waals surface area contributed by atoms with Crippen LogP contribution in [0.1, 0.15) is 24.0 Å². The number of hydrogen-bond donors (Lipinski definition) is 0. The molecule has 0 N–H and O–H groups in total. The maximum absolute atomic E-state index is 15.1. The number of pyridine rings is 3. The number of nitrogens with zero attached hydrogens (tertiary/aromatic N) is 3. The second-order valence-corrected chi connectivity index (χ2v) is 9.91. The first-order chi connectivity index (χ1) is 19.4. The van der Waals surface area contributed by atoms with Gasteiger partial charge >= 0.3 is 0 Å². The van der Waals surface area contributed by atoms with Gasteiger partial charge in [-0.25, -0.2) is 8.78 Å². The van der Waals surface area contributed by atoms with Crippen LogP contribution in [0.5, 0.6) is 11.5 Å². The summed E-state index contributed by atoms with van der Waals surface area (Å²) in [7, 11) is 0. The predicted molar refractivity (Wildman–Crippen MR) is 145 cm³/mol. The summed E-state index contributed by atoms with van der Waals surface area (Å²) in [5.41, 5.74) is 2.33. The van der Waals surface area contributed by atoms with Crippen molar-refractivity contribution in [1.82, 2.24) is 15.0 Å². The minimum absolute atomic E-state index is 0.00423.